The van der Waals surface area contributed by atoms with Crippen molar-refractivity contribution in [1.82, 2.24) is 14.6 Å². The molecule has 0 radical (unpaired) electrons. The Morgan fingerprint density at radius 2 is 1.77 bits per heavy atom. The third-order valence-electron chi connectivity index (χ3n) is 9.84. The average Bonchev–Trinajstić information content (AvgIpc) is 4.10. The van der Waals surface area contributed by atoms with Gasteiger partial charge in [-0.1, -0.05) is 29.8 Å². The Bertz CT molecular complexity index is 1840. The summed E-state index contributed by atoms with van der Waals surface area (Å²) in [7, 11) is -3.88. The van der Waals surface area contributed by atoms with E-state index < -0.39 is 59.1 Å². The average molecular weight is 776 g/mol. The van der Waals surface area contributed by atoms with Gasteiger partial charge < -0.3 is 45.1 Å². The Kier molecular flexibility index (Phi) is 12.7. The van der Waals surface area contributed by atoms with Crippen LogP contribution in [0.15, 0.2) is 65.8 Å². The highest BCUT2D eigenvalue weighted by atomic mass is 35.5. The van der Waals surface area contributed by atoms with Gasteiger partial charge in [-0.15, -0.1) is 0 Å². The van der Waals surface area contributed by atoms with Crippen molar-refractivity contribution < 1.29 is 53.0 Å². The van der Waals surface area contributed by atoms with Gasteiger partial charge in [0.05, 0.1) is 42.5 Å². The number of nitrogens with one attached hydrogen (secondary N) is 1. The van der Waals surface area contributed by atoms with Gasteiger partial charge in [0.1, 0.15) is 30.7 Å². The Labute approximate surface area is 313 Å². The van der Waals surface area contributed by atoms with Crippen molar-refractivity contribution in [3.05, 3.63) is 77.1 Å². The van der Waals surface area contributed by atoms with Crippen LogP contribution >= 0.6 is 11.6 Å². The molecule has 5 unspecified atom stereocenters. The zero-order chi connectivity index (χ0) is 37.8. The van der Waals surface area contributed by atoms with Crippen LogP contribution in [0.25, 0.3) is 11.1 Å². The van der Waals surface area contributed by atoms with Crippen molar-refractivity contribution in [2.45, 2.75) is 79.7 Å². The maximum absolute atomic E-state index is 13.7. The molecule has 1 amide bonds. The number of pyridine rings is 1. The fourth-order valence-corrected chi connectivity index (χ4v) is 8.12. The molecule has 1 saturated heterocycles. The van der Waals surface area contributed by atoms with Crippen LogP contribution in [0.3, 0.4) is 0 Å². The lowest BCUT2D eigenvalue weighted by atomic mass is 9.96. The summed E-state index contributed by atoms with van der Waals surface area (Å²) in [5.41, 5.74) is 2.85. The molecule has 2 saturated carbocycles. The Morgan fingerprint density at radius 3 is 2.51 bits per heavy atom. The Hall–Kier alpha value is -3.22. The number of benzene rings is 2. The zero-order valence-corrected chi connectivity index (χ0v) is 30.7. The molecule has 288 valence electrons. The highest BCUT2D eigenvalue weighted by Gasteiger charge is 2.48. The quantitative estimate of drug-likeness (QED) is 0.103. The molecule has 6 N–H and O–H groups in total. The number of aliphatic hydroxyl groups is 5. The van der Waals surface area contributed by atoms with E-state index in [1.54, 1.807) is 18.3 Å². The minimum absolute atomic E-state index is 0.0937. The molecule has 14 nitrogen and oxygen atoms in total. The molecular formula is C37H46ClN3O11S. The second-order valence-corrected chi connectivity index (χ2v) is 16.3. The number of sulfonamides is 1. The lowest BCUT2D eigenvalue weighted by Gasteiger charge is -2.25. The first-order valence-corrected chi connectivity index (χ1v) is 19.5. The summed E-state index contributed by atoms with van der Waals surface area (Å²) in [5.74, 6) is 0.0511. The SMILES string of the molecule is O=C(COCC1CCN(S(=O)(=O)c2ccc(Cl)c(COC3(c4cnccc4-c4ccccc4OC4CC4)CC3)c2)C1)NCC(O)C(O)C(O)C(O)CO. The number of hydrogen-bond donors (Lipinski definition) is 6. The van der Waals surface area contributed by atoms with E-state index in [0.29, 0.717) is 17.0 Å². The topological polar surface area (TPSA) is 208 Å². The van der Waals surface area contributed by atoms with Gasteiger partial charge in [-0.05, 0) is 79.5 Å². The number of aromatic nitrogens is 1. The van der Waals surface area contributed by atoms with E-state index in [1.165, 1.54) is 10.4 Å². The molecule has 3 aliphatic rings. The lowest BCUT2D eigenvalue weighted by Crippen LogP contribution is -2.50. The van der Waals surface area contributed by atoms with E-state index in [9.17, 15) is 33.6 Å². The van der Waals surface area contributed by atoms with Gasteiger partial charge >= 0.3 is 0 Å². The standard InChI is InChI=1S/C37H46ClN3O11S/c38-30-8-7-26(53(48,49)41-14-10-23(18-41)20-50-22-34(45)40-17-31(43)35(46)36(47)32(44)19-42)15-24(30)21-51-37(11-12-37)29-16-39-13-9-27(29)28-3-1-2-4-33(28)52-25-5-6-25/h1-4,7-9,13,15-16,23,25,31-32,35-36,42-44,46-47H,5-6,10-12,14,17-22H2,(H,40,45). The molecule has 6 rings (SSSR count). The summed E-state index contributed by atoms with van der Waals surface area (Å²) in [5, 5.41) is 50.6. The molecule has 53 heavy (non-hydrogen) atoms. The van der Waals surface area contributed by atoms with Crippen molar-refractivity contribution in [3.63, 3.8) is 0 Å². The number of hydrogen-bond acceptors (Lipinski definition) is 12. The molecule has 0 bridgehead atoms. The van der Waals surface area contributed by atoms with Crippen LogP contribution in [-0.2, 0) is 36.5 Å². The number of amides is 1. The maximum atomic E-state index is 13.7. The molecule has 3 fully saturated rings. The number of nitrogens with zero attached hydrogens (tertiary/aromatic N) is 2. The van der Waals surface area contributed by atoms with E-state index in [-0.39, 0.29) is 49.8 Å². The second-order valence-electron chi connectivity index (χ2n) is 13.9. The first-order chi connectivity index (χ1) is 25.4. The van der Waals surface area contributed by atoms with Gasteiger partial charge in [-0.2, -0.15) is 4.31 Å². The van der Waals surface area contributed by atoms with Crippen LogP contribution in [0.4, 0.5) is 0 Å². The van der Waals surface area contributed by atoms with Gasteiger partial charge in [-0.3, -0.25) is 9.78 Å². The van der Waals surface area contributed by atoms with E-state index in [0.717, 1.165) is 48.1 Å². The Morgan fingerprint density at radius 1 is 1.02 bits per heavy atom. The van der Waals surface area contributed by atoms with Crippen LogP contribution in [-0.4, -0.2) is 119 Å². The number of aliphatic hydroxyl groups excluding tert-OH is 5. The molecule has 2 aliphatic carbocycles. The molecule has 2 aromatic carbocycles. The number of carbonyl (C=O) groups is 1. The van der Waals surface area contributed by atoms with Crippen LogP contribution in [0.2, 0.25) is 5.02 Å². The molecule has 2 heterocycles. The van der Waals surface area contributed by atoms with E-state index >= 15 is 0 Å². The molecule has 5 atom stereocenters. The molecule has 3 aromatic rings. The second kappa shape index (κ2) is 17.1. The number of para-hydroxylation sites is 1. The first kappa shape index (κ1) is 39.5. The summed E-state index contributed by atoms with van der Waals surface area (Å²) in [6.07, 6.45) is 1.12. The summed E-state index contributed by atoms with van der Waals surface area (Å²) >= 11 is 6.57. The van der Waals surface area contributed by atoms with Gasteiger partial charge in [0.15, 0.2) is 0 Å². The van der Waals surface area contributed by atoms with Crippen molar-refractivity contribution in [2.75, 3.05) is 39.5 Å². The van der Waals surface area contributed by atoms with Crippen molar-refractivity contribution in [1.29, 1.82) is 0 Å². The molecule has 16 heteroatoms. The van der Waals surface area contributed by atoms with Crippen molar-refractivity contribution >= 4 is 27.5 Å². The fraction of sp³-hybridized carbons (Fsp3) is 0.514. The summed E-state index contributed by atoms with van der Waals surface area (Å²) in [6.45, 7) is -0.967. The smallest absolute Gasteiger partial charge is 0.246 e. The first-order valence-electron chi connectivity index (χ1n) is 17.7. The summed E-state index contributed by atoms with van der Waals surface area (Å²) in [6, 6.07) is 14.5. The highest BCUT2D eigenvalue weighted by molar-refractivity contribution is 7.89. The molecule has 0 spiro atoms. The zero-order valence-electron chi connectivity index (χ0n) is 29.1. The van der Waals surface area contributed by atoms with Gasteiger partial charge in [0.2, 0.25) is 15.9 Å². The molecular weight excluding hydrogens is 730 g/mol. The van der Waals surface area contributed by atoms with Crippen LogP contribution in [0.5, 0.6) is 5.75 Å². The maximum Gasteiger partial charge on any atom is 0.246 e. The van der Waals surface area contributed by atoms with E-state index in [4.69, 9.17) is 30.9 Å². The van der Waals surface area contributed by atoms with Gasteiger partial charge in [0.25, 0.3) is 0 Å². The fourth-order valence-electron chi connectivity index (χ4n) is 6.37. The number of halogens is 1. The minimum atomic E-state index is -3.88. The minimum Gasteiger partial charge on any atom is -0.490 e. The lowest BCUT2D eigenvalue weighted by molar-refractivity contribution is -0.130. The third kappa shape index (κ3) is 9.54. The van der Waals surface area contributed by atoms with E-state index in [2.05, 4.69) is 10.3 Å². The molecule has 1 aliphatic heterocycles. The van der Waals surface area contributed by atoms with Gasteiger partial charge in [0, 0.05) is 48.2 Å². The monoisotopic (exact) mass is 775 g/mol. The summed E-state index contributed by atoms with van der Waals surface area (Å²) in [4.78, 5) is 16.7. The normalized spacial score (nSPS) is 20.8. The predicted molar refractivity (Wildman–Crippen MR) is 192 cm³/mol. The third-order valence-corrected chi connectivity index (χ3v) is 12.1. The van der Waals surface area contributed by atoms with Crippen molar-refractivity contribution in [3.8, 4) is 16.9 Å². The number of carbonyl (C=O) groups excluding carboxylic acids is 1. The molecule has 1 aromatic heterocycles. The van der Waals surface area contributed by atoms with Crippen LogP contribution < -0.4 is 10.1 Å². The van der Waals surface area contributed by atoms with Crippen molar-refractivity contribution in [2.24, 2.45) is 5.92 Å². The van der Waals surface area contributed by atoms with Crippen LogP contribution in [0.1, 0.15) is 43.2 Å². The summed E-state index contributed by atoms with van der Waals surface area (Å²) < 4.78 is 47.1. The predicted octanol–water partition coefficient (Wildman–Crippen LogP) is 1.73. The van der Waals surface area contributed by atoms with Crippen LogP contribution in [0, 0.1) is 5.92 Å². The number of ether oxygens (including phenoxy) is 3. The Balaban J connectivity index is 1.02. The number of rotatable bonds is 19. The van der Waals surface area contributed by atoms with E-state index in [1.807, 2.05) is 36.5 Å². The largest absolute Gasteiger partial charge is 0.490 e. The van der Waals surface area contributed by atoms with Gasteiger partial charge in [-0.25, -0.2) is 8.42 Å². The highest BCUT2D eigenvalue weighted by Crippen LogP contribution is 2.53.